The molecule has 2 heterocycles. The van der Waals surface area contributed by atoms with Crippen LogP contribution in [0.5, 0.6) is 0 Å². The van der Waals surface area contributed by atoms with E-state index in [4.69, 9.17) is 0 Å². The Morgan fingerprint density at radius 1 is 1.44 bits per heavy atom. The van der Waals surface area contributed by atoms with E-state index in [-0.39, 0.29) is 12.3 Å². The van der Waals surface area contributed by atoms with Crippen LogP contribution in [-0.4, -0.2) is 69.7 Å². The van der Waals surface area contributed by atoms with Gasteiger partial charge >= 0.3 is 0 Å². The van der Waals surface area contributed by atoms with Crippen LogP contribution in [0.1, 0.15) is 5.82 Å². The molecule has 1 amide bonds. The van der Waals surface area contributed by atoms with E-state index in [2.05, 4.69) is 38.0 Å². The van der Waals surface area contributed by atoms with E-state index in [0.717, 1.165) is 26.2 Å². The van der Waals surface area contributed by atoms with Gasteiger partial charge in [0.05, 0.1) is 6.42 Å². The summed E-state index contributed by atoms with van der Waals surface area (Å²) in [6.45, 7) is 3.61. The highest BCUT2D eigenvalue weighted by Gasteiger charge is 2.16. The quantitative estimate of drug-likeness (QED) is 0.619. The first kappa shape index (κ1) is 11.0. The predicted molar refractivity (Wildman–Crippen MR) is 55.1 cm³/mol. The molecule has 2 rings (SSSR count). The number of aromatic amines is 1. The zero-order valence-electron chi connectivity index (χ0n) is 9.18. The van der Waals surface area contributed by atoms with Gasteiger partial charge in [0.1, 0.15) is 0 Å². The molecule has 0 atom stereocenters. The number of rotatable bonds is 3. The van der Waals surface area contributed by atoms with Crippen LogP contribution in [0.4, 0.5) is 0 Å². The van der Waals surface area contributed by atoms with Crippen molar-refractivity contribution in [2.24, 2.45) is 0 Å². The normalized spacial score (nSPS) is 18.6. The highest BCUT2D eigenvalue weighted by molar-refractivity contribution is 5.77. The lowest BCUT2D eigenvalue weighted by Crippen LogP contribution is -2.52. The Morgan fingerprint density at radius 3 is 2.81 bits per heavy atom. The molecule has 0 unspecified atom stereocenters. The largest absolute Gasteiger partial charge is 0.304 e. The third-order valence-electron chi connectivity index (χ3n) is 2.49. The fourth-order valence-electron chi connectivity index (χ4n) is 1.54. The first-order valence-electron chi connectivity index (χ1n) is 5.19. The molecule has 16 heavy (non-hydrogen) atoms. The Labute approximate surface area is 93.0 Å². The van der Waals surface area contributed by atoms with E-state index in [1.807, 2.05) is 5.01 Å². The summed E-state index contributed by atoms with van der Waals surface area (Å²) in [6, 6.07) is 0. The molecule has 0 bridgehead atoms. The van der Waals surface area contributed by atoms with Crippen molar-refractivity contribution in [3.8, 4) is 0 Å². The van der Waals surface area contributed by atoms with Gasteiger partial charge in [0.2, 0.25) is 5.91 Å². The third kappa shape index (κ3) is 2.97. The average molecular weight is 225 g/mol. The van der Waals surface area contributed by atoms with Crippen molar-refractivity contribution in [1.29, 1.82) is 0 Å². The lowest BCUT2D eigenvalue weighted by atomic mass is 10.3. The number of hydrazine groups is 1. The van der Waals surface area contributed by atoms with Crippen LogP contribution in [0.3, 0.4) is 0 Å². The molecular formula is C8H15N7O. The number of aromatic nitrogens is 4. The van der Waals surface area contributed by atoms with Gasteiger partial charge in [-0.05, 0) is 7.05 Å². The lowest BCUT2D eigenvalue weighted by Gasteiger charge is -2.32. The van der Waals surface area contributed by atoms with Gasteiger partial charge in [-0.2, -0.15) is 5.21 Å². The highest BCUT2D eigenvalue weighted by Crippen LogP contribution is 1.96. The van der Waals surface area contributed by atoms with E-state index < -0.39 is 0 Å². The fraction of sp³-hybridized carbons (Fsp3) is 0.750. The van der Waals surface area contributed by atoms with Crippen LogP contribution < -0.4 is 5.43 Å². The van der Waals surface area contributed by atoms with E-state index >= 15 is 0 Å². The van der Waals surface area contributed by atoms with E-state index in [1.54, 1.807) is 0 Å². The summed E-state index contributed by atoms with van der Waals surface area (Å²) < 4.78 is 0. The molecule has 1 aromatic heterocycles. The Hall–Kier alpha value is -1.54. The summed E-state index contributed by atoms with van der Waals surface area (Å²) >= 11 is 0. The minimum absolute atomic E-state index is 0.106. The summed E-state index contributed by atoms with van der Waals surface area (Å²) in [4.78, 5) is 13.8. The molecule has 1 aliphatic rings. The predicted octanol–water partition coefficient (Wildman–Crippen LogP) is -1.98. The van der Waals surface area contributed by atoms with Crippen LogP contribution >= 0.6 is 0 Å². The molecular weight excluding hydrogens is 210 g/mol. The minimum Gasteiger partial charge on any atom is -0.304 e. The topological polar surface area (TPSA) is 90.0 Å². The molecule has 0 spiro atoms. The number of piperazine rings is 1. The summed E-state index contributed by atoms with van der Waals surface area (Å²) in [5, 5.41) is 15.1. The van der Waals surface area contributed by atoms with Crippen molar-refractivity contribution in [2.45, 2.75) is 6.42 Å². The molecule has 8 heteroatoms. The summed E-state index contributed by atoms with van der Waals surface area (Å²) in [7, 11) is 2.07. The van der Waals surface area contributed by atoms with Crippen LogP contribution in [0, 0.1) is 0 Å². The lowest BCUT2D eigenvalue weighted by molar-refractivity contribution is -0.126. The van der Waals surface area contributed by atoms with E-state index in [0.29, 0.717) is 5.82 Å². The summed E-state index contributed by atoms with van der Waals surface area (Å²) in [5.74, 6) is 0.303. The number of nitrogens with zero attached hydrogens (tertiary/aromatic N) is 5. The first-order chi connectivity index (χ1) is 7.74. The van der Waals surface area contributed by atoms with Gasteiger partial charge in [0.15, 0.2) is 5.82 Å². The molecule has 1 saturated heterocycles. The number of carbonyl (C=O) groups is 1. The number of hydrogen-bond acceptors (Lipinski definition) is 6. The third-order valence-corrected chi connectivity index (χ3v) is 2.49. The van der Waals surface area contributed by atoms with Gasteiger partial charge in [-0.3, -0.25) is 10.2 Å². The van der Waals surface area contributed by atoms with Crippen molar-refractivity contribution in [1.82, 2.24) is 36.0 Å². The van der Waals surface area contributed by atoms with Gasteiger partial charge in [0.25, 0.3) is 0 Å². The second-order valence-electron chi connectivity index (χ2n) is 3.83. The number of carbonyl (C=O) groups excluding carboxylic acids is 1. The van der Waals surface area contributed by atoms with Gasteiger partial charge in [-0.1, -0.05) is 5.21 Å². The van der Waals surface area contributed by atoms with Crippen LogP contribution in [0.25, 0.3) is 0 Å². The van der Waals surface area contributed by atoms with Crippen LogP contribution in [0.15, 0.2) is 0 Å². The second kappa shape index (κ2) is 4.99. The molecule has 8 nitrogen and oxygen atoms in total. The zero-order valence-corrected chi connectivity index (χ0v) is 9.18. The molecule has 0 aliphatic carbocycles. The number of hydrogen-bond donors (Lipinski definition) is 2. The molecule has 1 aromatic rings. The average Bonchev–Trinajstić information content (AvgIpc) is 2.74. The van der Waals surface area contributed by atoms with E-state index in [9.17, 15) is 4.79 Å². The number of amides is 1. The number of tetrazole rings is 1. The van der Waals surface area contributed by atoms with Crippen molar-refractivity contribution in [3.05, 3.63) is 5.82 Å². The number of H-pyrrole nitrogens is 1. The summed E-state index contributed by atoms with van der Waals surface area (Å²) in [6.07, 6.45) is 0.156. The number of nitrogens with one attached hydrogen (secondary N) is 2. The first-order valence-corrected chi connectivity index (χ1v) is 5.19. The maximum absolute atomic E-state index is 11.6. The maximum Gasteiger partial charge on any atom is 0.242 e. The van der Waals surface area contributed by atoms with Crippen molar-refractivity contribution < 1.29 is 4.79 Å². The highest BCUT2D eigenvalue weighted by atomic mass is 16.2. The van der Waals surface area contributed by atoms with Crippen LogP contribution in [0.2, 0.25) is 0 Å². The standard InChI is InChI=1S/C8H15N7O/c1-14-2-4-15(5-3-14)11-8(16)6-7-9-12-13-10-7/h2-6H2,1H3,(H,11,16)(H,9,10,12,13). The van der Waals surface area contributed by atoms with Crippen molar-refractivity contribution in [3.63, 3.8) is 0 Å². The molecule has 1 fully saturated rings. The van der Waals surface area contributed by atoms with Crippen LogP contribution in [-0.2, 0) is 11.2 Å². The van der Waals surface area contributed by atoms with Gasteiger partial charge in [-0.15, -0.1) is 10.2 Å². The van der Waals surface area contributed by atoms with E-state index in [1.165, 1.54) is 0 Å². The molecule has 0 aromatic carbocycles. The second-order valence-corrected chi connectivity index (χ2v) is 3.83. The molecule has 0 radical (unpaired) electrons. The van der Waals surface area contributed by atoms with Gasteiger partial charge in [0, 0.05) is 26.2 Å². The molecule has 0 saturated carbocycles. The SMILES string of the molecule is CN1CCN(NC(=O)Cc2nn[nH]n2)CC1. The monoisotopic (exact) mass is 225 g/mol. The minimum atomic E-state index is -0.106. The van der Waals surface area contributed by atoms with Crippen molar-refractivity contribution >= 4 is 5.91 Å². The Bertz CT molecular complexity index is 330. The smallest absolute Gasteiger partial charge is 0.242 e. The Balaban J connectivity index is 1.75. The van der Waals surface area contributed by atoms with Gasteiger partial charge < -0.3 is 4.90 Å². The maximum atomic E-state index is 11.6. The summed E-state index contributed by atoms with van der Waals surface area (Å²) in [5.41, 5.74) is 2.82. The zero-order chi connectivity index (χ0) is 11.4. The molecule has 1 aliphatic heterocycles. The Kier molecular flexibility index (Phi) is 3.42. The number of likely N-dealkylation sites (N-methyl/N-ethyl adjacent to an activating group) is 1. The van der Waals surface area contributed by atoms with Crippen molar-refractivity contribution in [2.75, 3.05) is 33.2 Å². The van der Waals surface area contributed by atoms with Gasteiger partial charge in [-0.25, -0.2) is 5.01 Å². The Morgan fingerprint density at radius 2 is 2.19 bits per heavy atom. The molecule has 88 valence electrons. The molecule has 2 N–H and O–H groups in total. The fourth-order valence-corrected chi connectivity index (χ4v) is 1.54.